The third kappa shape index (κ3) is 4.61. The number of amides is 1. The van der Waals surface area contributed by atoms with E-state index < -0.39 is 20.0 Å². The van der Waals surface area contributed by atoms with Crippen molar-refractivity contribution in [3.8, 4) is 0 Å². The number of anilines is 1. The lowest BCUT2D eigenvalue weighted by molar-refractivity contribution is 0.0618. The summed E-state index contributed by atoms with van der Waals surface area (Å²) in [7, 11) is -6.64. The summed E-state index contributed by atoms with van der Waals surface area (Å²) in [6, 6.07) is 4.92. The molecule has 1 atom stereocenters. The molecular weight excluding hydrogens is 390 g/mol. The first-order chi connectivity index (χ1) is 12.6. The van der Waals surface area contributed by atoms with Crippen molar-refractivity contribution in [1.82, 2.24) is 9.62 Å². The topological polar surface area (TPSA) is 104 Å². The van der Waals surface area contributed by atoms with Crippen LogP contribution in [0.25, 0.3) is 0 Å². The summed E-state index contributed by atoms with van der Waals surface area (Å²) in [6.45, 7) is 1.18. The number of likely N-dealkylation sites (tertiary alicyclic amines) is 1. The summed E-state index contributed by atoms with van der Waals surface area (Å²) in [4.78, 5) is 14.8. The van der Waals surface area contributed by atoms with Crippen LogP contribution in [-0.4, -0.2) is 65.8 Å². The molecule has 1 fully saturated rings. The molecule has 2 aliphatic rings. The van der Waals surface area contributed by atoms with Gasteiger partial charge in [-0.3, -0.25) is 9.10 Å². The highest BCUT2D eigenvalue weighted by molar-refractivity contribution is 7.92. The van der Waals surface area contributed by atoms with Crippen molar-refractivity contribution in [1.29, 1.82) is 0 Å². The quantitative estimate of drug-likeness (QED) is 0.756. The molecule has 10 heteroatoms. The number of nitrogens with one attached hydrogen (secondary N) is 1. The van der Waals surface area contributed by atoms with Crippen molar-refractivity contribution in [3.05, 3.63) is 29.3 Å². The Bertz CT molecular complexity index is 943. The molecule has 0 saturated carbocycles. The number of rotatable bonds is 5. The molecule has 1 aromatic rings. The number of benzene rings is 1. The molecule has 2 aliphatic heterocycles. The van der Waals surface area contributed by atoms with E-state index >= 15 is 0 Å². The zero-order chi connectivity index (χ0) is 19.8. The molecule has 8 nitrogen and oxygen atoms in total. The number of hydrogen-bond acceptors (Lipinski definition) is 5. The third-order valence-corrected chi connectivity index (χ3v) is 6.92. The Morgan fingerprint density at radius 2 is 1.89 bits per heavy atom. The molecule has 1 aromatic carbocycles. The van der Waals surface area contributed by atoms with Gasteiger partial charge in [0.05, 0.1) is 18.2 Å². The second-order valence-corrected chi connectivity index (χ2v) is 10.9. The van der Waals surface area contributed by atoms with E-state index in [4.69, 9.17) is 0 Å². The maximum Gasteiger partial charge on any atom is 0.254 e. The van der Waals surface area contributed by atoms with E-state index in [-0.39, 0.29) is 18.5 Å². The summed E-state index contributed by atoms with van der Waals surface area (Å²) in [5, 5.41) is 0. The van der Waals surface area contributed by atoms with Crippen LogP contribution in [0.4, 0.5) is 5.69 Å². The van der Waals surface area contributed by atoms with Gasteiger partial charge in [0.25, 0.3) is 5.91 Å². The van der Waals surface area contributed by atoms with E-state index in [1.807, 2.05) is 0 Å². The number of carbonyl (C=O) groups is 1. The summed E-state index contributed by atoms with van der Waals surface area (Å²) in [5.41, 5.74) is 1.98. The summed E-state index contributed by atoms with van der Waals surface area (Å²) >= 11 is 0. The van der Waals surface area contributed by atoms with Gasteiger partial charge in [-0.15, -0.1) is 0 Å². The molecule has 150 valence electrons. The first-order valence-electron chi connectivity index (χ1n) is 8.92. The summed E-state index contributed by atoms with van der Waals surface area (Å²) in [6.07, 6.45) is 5.44. The van der Waals surface area contributed by atoms with Crippen LogP contribution in [0.2, 0.25) is 0 Å². The minimum atomic E-state index is -3.33. The maximum atomic E-state index is 13.0. The molecule has 3 rings (SSSR count). The zero-order valence-corrected chi connectivity index (χ0v) is 17.1. The fraction of sp³-hybridized carbons (Fsp3) is 0.588. The highest BCUT2D eigenvalue weighted by Gasteiger charge is 2.30. The van der Waals surface area contributed by atoms with Crippen LogP contribution in [0, 0.1) is 0 Å². The molecule has 1 saturated heterocycles. The fourth-order valence-electron chi connectivity index (χ4n) is 3.74. The third-order valence-electron chi connectivity index (χ3n) is 5.05. The van der Waals surface area contributed by atoms with Crippen LogP contribution in [0.5, 0.6) is 0 Å². The van der Waals surface area contributed by atoms with E-state index in [0.29, 0.717) is 30.8 Å². The van der Waals surface area contributed by atoms with Gasteiger partial charge in [0.2, 0.25) is 20.0 Å². The smallest absolute Gasteiger partial charge is 0.254 e. The lowest BCUT2D eigenvalue weighted by atomic mass is 10.00. The minimum Gasteiger partial charge on any atom is -0.334 e. The number of hydrogen-bond donors (Lipinski definition) is 1. The zero-order valence-electron chi connectivity index (χ0n) is 15.5. The van der Waals surface area contributed by atoms with Crippen LogP contribution in [0.3, 0.4) is 0 Å². The number of sulfonamides is 2. The number of piperidine rings is 1. The highest BCUT2D eigenvalue weighted by Crippen LogP contribution is 2.31. The van der Waals surface area contributed by atoms with Crippen molar-refractivity contribution >= 4 is 31.6 Å². The van der Waals surface area contributed by atoms with Crippen molar-refractivity contribution in [2.24, 2.45) is 0 Å². The first-order valence-corrected chi connectivity index (χ1v) is 12.7. The molecule has 27 heavy (non-hydrogen) atoms. The molecule has 0 aromatic heterocycles. The second kappa shape index (κ2) is 7.40. The van der Waals surface area contributed by atoms with Gasteiger partial charge >= 0.3 is 0 Å². The maximum absolute atomic E-state index is 13.0. The van der Waals surface area contributed by atoms with Crippen LogP contribution in [0.15, 0.2) is 18.2 Å². The second-order valence-electron chi connectivity index (χ2n) is 7.20. The van der Waals surface area contributed by atoms with Crippen molar-refractivity contribution in [3.63, 3.8) is 0 Å². The summed E-state index contributed by atoms with van der Waals surface area (Å²) < 4.78 is 50.3. The van der Waals surface area contributed by atoms with Gasteiger partial charge < -0.3 is 4.90 Å². The van der Waals surface area contributed by atoms with Crippen LogP contribution < -0.4 is 9.03 Å². The van der Waals surface area contributed by atoms with E-state index in [1.54, 1.807) is 23.1 Å². The lowest BCUT2D eigenvalue weighted by Gasteiger charge is -2.36. The van der Waals surface area contributed by atoms with E-state index in [1.165, 1.54) is 10.6 Å². The van der Waals surface area contributed by atoms with Crippen molar-refractivity contribution < 1.29 is 21.6 Å². The van der Waals surface area contributed by atoms with Crippen LogP contribution in [-0.2, 0) is 26.5 Å². The molecule has 1 amide bonds. The van der Waals surface area contributed by atoms with Gasteiger partial charge in [0, 0.05) is 31.2 Å². The first kappa shape index (κ1) is 20.1. The summed E-state index contributed by atoms with van der Waals surface area (Å²) in [5.74, 6) is -0.143. The minimum absolute atomic E-state index is 0.143. The monoisotopic (exact) mass is 415 g/mol. The van der Waals surface area contributed by atoms with Gasteiger partial charge in [-0.25, -0.2) is 21.6 Å². The predicted molar refractivity (Wildman–Crippen MR) is 104 cm³/mol. The van der Waals surface area contributed by atoms with E-state index in [9.17, 15) is 21.6 Å². The Hall–Kier alpha value is -1.65. The Morgan fingerprint density at radius 3 is 2.56 bits per heavy atom. The molecule has 2 heterocycles. The molecule has 0 aliphatic carbocycles. The Balaban J connectivity index is 1.80. The van der Waals surface area contributed by atoms with Gasteiger partial charge in [-0.1, -0.05) is 0 Å². The average molecular weight is 416 g/mol. The molecule has 0 bridgehead atoms. The molecule has 1 N–H and O–H groups in total. The Labute approximate surface area is 160 Å². The molecule has 0 radical (unpaired) electrons. The largest absolute Gasteiger partial charge is 0.334 e. The SMILES string of the molecule is CS(=O)(=O)NC[C@@H]1CCCCN1C(=O)c1ccc2c(c1)CCN2S(C)(=O)=O. The van der Waals surface area contributed by atoms with Gasteiger partial charge in [0.1, 0.15) is 0 Å². The van der Waals surface area contributed by atoms with Crippen molar-refractivity contribution in [2.75, 3.05) is 36.5 Å². The number of fused-ring (bicyclic) bond motifs is 1. The fourth-order valence-corrected chi connectivity index (χ4v) is 5.20. The van der Waals surface area contributed by atoms with E-state index in [0.717, 1.165) is 31.1 Å². The Kier molecular flexibility index (Phi) is 5.51. The van der Waals surface area contributed by atoms with Gasteiger partial charge in [-0.05, 0) is 49.4 Å². The van der Waals surface area contributed by atoms with Gasteiger partial charge in [0.15, 0.2) is 0 Å². The normalized spacial score (nSPS) is 20.6. The standard InChI is InChI=1S/C17H25N3O5S2/c1-26(22,23)18-12-15-5-3-4-9-19(15)17(21)14-6-7-16-13(11-14)8-10-20(16)27(2,24)25/h6-7,11,15,18H,3-5,8-10,12H2,1-2H3/t15-/m0/s1. The molecular formula is C17H25N3O5S2. The molecule has 0 spiro atoms. The van der Waals surface area contributed by atoms with Crippen molar-refractivity contribution in [2.45, 2.75) is 31.7 Å². The van der Waals surface area contributed by atoms with Gasteiger partial charge in [-0.2, -0.15) is 0 Å². The highest BCUT2D eigenvalue weighted by atomic mass is 32.2. The number of carbonyl (C=O) groups excluding carboxylic acids is 1. The molecule has 0 unspecified atom stereocenters. The lowest BCUT2D eigenvalue weighted by Crippen LogP contribution is -2.49. The van der Waals surface area contributed by atoms with E-state index in [2.05, 4.69) is 4.72 Å². The Morgan fingerprint density at radius 1 is 1.15 bits per heavy atom. The van der Waals surface area contributed by atoms with Crippen LogP contribution >= 0.6 is 0 Å². The number of nitrogens with zero attached hydrogens (tertiary/aromatic N) is 2. The van der Waals surface area contributed by atoms with Crippen LogP contribution in [0.1, 0.15) is 35.2 Å². The predicted octanol–water partition coefficient (Wildman–Crippen LogP) is 0.553. The average Bonchev–Trinajstić information content (AvgIpc) is 3.02.